The summed E-state index contributed by atoms with van der Waals surface area (Å²) in [5, 5.41) is 12.5. The van der Waals surface area contributed by atoms with E-state index in [4.69, 9.17) is 0 Å². The summed E-state index contributed by atoms with van der Waals surface area (Å²) in [4.78, 5) is 21.9. The molecule has 0 bridgehead atoms. The molecular weight excluding hydrogens is 293 g/mol. The predicted molar refractivity (Wildman–Crippen MR) is 66.9 cm³/mol. The highest BCUT2D eigenvalue weighted by Gasteiger charge is 2.52. The molecule has 1 amide bonds. The molecule has 0 aliphatic carbocycles. The molecule has 0 fully saturated rings. The van der Waals surface area contributed by atoms with Gasteiger partial charge in [-0.2, -0.15) is 13.2 Å². The Morgan fingerprint density at radius 3 is 2.43 bits per heavy atom. The van der Waals surface area contributed by atoms with E-state index in [0.29, 0.717) is 0 Å². The largest absolute Gasteiger partial charge is 0.413 e. The van der Waals surface area contributed by atoms with Crippen molar-refractivity contribution in [1.82, 2.24) is 5.32 Å². The summed E-state index contributed by atoms with van der Waals surface area (Å²) in [6.07, 6.45) is -4.78. The van der Waals surface area contributed by atoms with Crippen LogP contribution in [0.1, 0.15) is 17.3 Å². The van der Waals surface area contributed by atoms with E-state index < -0.39 is 40.4 Å². The number of amides is 1. The van der Waals surface area contributed by atoms with Gasteiger partial charge in [0.05, 0.1) is 11.5 Å². The van der Waals surface area contributed by atoms with Crippen LogP contribution in [-0.2, 0) is 4.74 Å². The van der Waals surface area contributed by atoms with Crippen molar-refractivity contribution in [2.24, 2.45) is 0 Å². The normalized spacial score (nSPS) is 14.3. The summed E-state index contributed by atoms with van der Waals surface area (Å²) in [6.45, 7) is -0.0773. The summed E-state index contributed by atoms with van der Waals surface area (Å²) in [7, 11) is 1.06. The van der Waals surface area contributed by atoms with Crippen LogP contribution in [0, 0.1) is 10.1 Å². The van der Waals surface area contributed by atoms with Crippen molar-refractivity contribution < 1.29 is 27.6 Å². The first-order valence-electron chi connectivity index (χ1n) is 5.74. The molecule has 0 saturated heterocycles. The summed E-state index contributed by atoms with van der Waals surface area (Å²) in [5.41, 5.74) is -3.67. The Morgan fingerprint density at radius 2 is 1.95 bits per heavy atom. The lowest BCUT2D eigenvalue weighted by atomic mass is 10.0. The Labute approximate surface area is 118 Å². The van der Waals surface area contributed by atoms with Crippen LogP contribution in [0.25, 0.3) is 0 Å². The fourth-order valence-electron chi connectivity index (χ4n) is 1.62. The van der Waals surface area contributed by atoms with Gasteiger partial charge < -0.3 is 10.1 Å². The minimum atomic E-state index is -4.78. The quantitative estimate of drug-likeness (QED) is 0.668. The molecule has 21 heavy (non-hydrogen) atoms. The van der Waals surface area contributed by atoms with E-state index in [2.05, 4.69) is 4.74 Å². The van der Waals surface area contributed by atoms with Gasteiger partial charge in [0.1, 0.15) is 5.56 Å². The SMILES string of the molecule is COC[C@](C)(NC(=O)c1ccccc1[N+](=O)[O-])C(F)(F)F. The third-order valence-electron chi connectivity index (χ3n) is 2.79. The average Bonchev–Trinajstić information content (AvgIpc) is 2.37. The molecule has 0 aliphatic rings. The lowest BCUT2D eigenvalue weighted by molar-refractivity contribution is -0.385. The Kier molecular flexibility index (Phi) is 4.89. The first kappa shape index (κ1) is 16.9. The number of benzene rings is 1. The van der Waals surface area contributed by atoms with Crippen molar-refractivity contribution in [2.45, 2.75) is 18.6 Å². The van der Waals surface area contributed by atoms with Gasteiger partial charge >= 0.3 is 6.18 Å². The smallest absolute Gasteiger partial charge is 0.382 e. The van der Waals surface area contributed by atoms with Crippen LogP contribution in [0.15, 0.2) is 24.3 Å². The number of methoxy groups -OCH3 is 1. The number of hydrogen-bond acceptors (Lipinski definition) is 4. The zero-order chi connectivity index (χ0) is 16.3. The van der Waals surface area contributed by atoms with Gasteiger partial charge in [-0.3, -0.25) is 14.9 Å². The summed E-state index contributed by atoms with van der Waals surface area (Å²) >= 11 is 0. The van der Waals surface area contributed by atoms with Crippen LogP contribution in [0.5, 0.6) is 0 Å². The number of carbonyl (C=O) groups excluding carboxylic acids is 1. The maximum absolute atomic E-state index is 13.0. The van der Waals surface area contributed by atoms with Crippen LogP contribution >= 0.6 is 0 Å². The minimum absolute atomic E-state index is 0.450. The highest BCUT2D eigenvalue weighted by Crippen LogP contribution is 2.31. The van der Waals surface area contributed by atoms with Gasteiger partial charge in [-0.1, -0.05) is 12.1 Å². The van der Waals surface area contributed by atoms with Crippen LogP contribution in [-0.4, -0.2) is 36.3 Å². The molecule has 116 valence electrons. The number of carbonyl (C=O) groups is 1. The minimum Gasteiger partial charge on any atom is -0.382 e. The van der Waals surface area contributed by atoms with E-state index in [0.717, 1.165) is 26.2 Å². The molecular formula is C12H13F3N2O4. The molecule has 9 heteroatoms. The third kappa shape index (κ3) is 3.69. The second-order valence-electron chi connectivity index (χ2n) is 4.49. The average molecular weight is 306 g/mol. The van der Waals surface area contributed by atoms with Gasteiger partial charge in [0.25, 0.3) is 11.6 Å². The lowest BCUT2D eigenvalue weighted by Gasteiger charge is -2.32. The molecule has 0 aliphatic heterocycles. The van der Waals surface area contributed by atoms with Crippen molar-refractivity contribution in [3.63, 3.8) is 0 Å². The molecule has 0 heterocycles. The van der Waals surface area contributed by atoms with Crippen molar-refractivity contribution in [3.8, 4) is 0 Å². The Balaban J connectivity index is 3.12. The fourth-order valence-corrected chi connectivity index (χ4v) is 1.62. The van der Waals surface area contributed by atoms with Crippen molar-refractivity contribution in [3.05, 3.63) is 39.9 Å². The maximum Gasteiger partial charge on any atom is 0.413 e. The van der Waals surface area contributed by atoms with E-state index in [1.165, 1.54) is 12.1 Å². The number of ether oxygens (including phenoxy) is 1. The van der Waals surface area contributed by atoms with Crippen LogP contribution in [0.3, 0.4) is 0 Å². The lowest BCUT2D eigenvalue weighted by Crippen LogP contribution is -2.59. The van der Waals surface area contributed by atoms with E-state index in [-0.39, 0.29) is 0 Å². The van der Waals surface area contributed by atoms with Crippen molar-refractivity contribution in [1.29, 1.82) is 0 Å². The van der Waals surface area contributed by atoms with Crippen LogP contribution in [0.4, 0.5) is 18.9 Å². The highest BCUT2D eigenvalue weighted by molar-refractivity contribution is 5.98. The van der Waals surface area contributed by atoms with Gasteiger partial charge in [0, 0.05) is 13.2 Å². The molecule has 1 atom stereocenters. The van der Waals surface area contributed by atoms with Crippen molar-refractivity contribution >= 4 is 11.6 Å². The number of nitrogens with one attached hydrogen (secondary N) is 1. The highest BCUT2D eigenvalue weighted by atomic mass is 19.4. The van der Waals surface area contributed by atoms with E-state index in [9.17, 15) is 28.1 Å². The van der Waals surface area contributed by atoms with Gasteiger partial charge in [0.2, 0.25) is 0 Å². The molecule has 0 radical (unpaired) electrons. The maximum atomic E-state index is 13.0. The van der Waals surface area contributed by atoms with Crippen LogP contribution < -0.4 is 5.32 Å². The van der Waals surface area contributed by atoms with E-state index in [1.54, 1.807) is 5.32 Å². The number of alkyl halides is 3. The predicted octanol–water partition coefficient (Wildman–Crippen LogP) is 2.29. The van der Waals surface area contributed by atoms with Gasteiger partial charge in [-0.25, -0.2) is 0 Å². The van der Waals surface area contributed by atoms with Gasteiger partial charge in [0.15, 0.2) is 5.54 Å². The van der Waals surface area contributed by atoms with Crippen LogP contribution in [0.2, 0.25) is 0 Å². The molecule has 0 spiro atoms. The standard InChI is InChI=1S/C12H13F3N2O4/c1-11(7-21-2,12(13,14)15)16-10(18)8-5-3-4-6-9(8)17(19)20/h3-6H,7H2,1-2H3,(H,16,18)/t11-/m0/s1. The molecule has 0 saturated carbocycles. The zero-order valence-corrected chi connectivity index (χ0v) is 11.2. The Bertz CT molecular complexity index is 548. The molecule has 1 aromatic rings. The Hall–Kier alpha value is -2.16. The summed E-state index contributed by atoms with van der Waals surface area (Å²) < 4.78 is 43.5. The number of nitrogens with zero attached hydrogens (tertiary/aromatic N) is 1. The number of halogens is 3. The monoisotopic (exact) mass is 306 g/mol. The molecule has 6 nitrogen and oxygen atoms in total. The number of para-hydroxylation sites is 1. The number of rotatable bonds is 5. The number of nitro benzene ring substituents is 1. The van der Waals surface area contributed by atoms with Gasteiger partial charge in [-0.05, 0) is 13.0 Å². The first-order chi connectivity index (χ1) is 9.62. The molecule has 1 N–H and O–H groups in total. The molecule has 0 unspecified atom stereocenters. The number of nitro groups is 1. The third-order valence-corrected chi connectivity index (χ3v) is 2.79. The van der Waals surface area contributed by atoms with E-state index in [1.807, 2.05) is 0 Å². The fraction of sp³-hybridized carbons (Fsp3) is 0.417. The molecule has 1 aromatic carbocycles. The Morgan fingerprint density at radius 1 is 1.38 bits per heavy atom. The topological polar surface area (TPSA) is 81.5 Å². The molecule has 1 rings (SSSR count). The van der Waals surface area contributed by atoms with Crippen molar-refractivity contribution in [2.75, 3.05) is 13.7 Å². The second kappa shape index (κ2) is 6.08. The zero-order valence-electron chi connectivity index (χ0n) is 11.2. The second-order valence-corrected chi connectivity index (χ2v) is 4.49. The first-order valence-corrected chi connectivity index (χ1v) is 5.74. The summed E-state index contributed by atoms with van der Waals surface area (Å²) in [6, 6.07) is 4.75. The summed E-state index contributed by atoms with van der Waals surface area (Å²) in [5.74, 6) is -1.20. The number of hydrogen-bond donors (Lipinski definition) is 1. The van der Waals surface area contributed by atoms with E-state index >= 15 is 0 Å². The van der Waals surface area contributed by atoms with Gasteiger partial charge in [-0.15, -0.1) is 0 Å². The molecule has 0 aromatic heterocycles.